The molecule has 2 aromatic heterocycles. The SMILES string of the molecule is Cc1noc(C)c1COc1cccc(C(=O)NC(C)c2cccnc2)c1. The molecule has 0 bridgehead atoms. The number of hydrogen-bond donors (Lipinski definition) is 1. The fourth-order valence-electron chi connectivity index (χ4n) is 2.59. The number of rotatable bonds is 6. The average molecular weight is 351 g/mol. The highest BCUT2D eigenvalue weighted by Crippen LogP contribution is 2.19. The van der Waals surface area contributed by atoms with Crippen LogP contribution in [0.4, 0.5) is 0 Å². The second kappa shape index (κ2) is 7.82. The largest absolute Gasteiger partial charge is 0.489 e. The summed E-state index contributed by atoms with van der Waals surface area (Å²) in [5.41, 5.74) is 3.22. The van der Waals surface area contributed by atoms with Crippen LogP contribution in [-0.2, 0) is 6.61 Å². The first-order valence-electron chi connectivity index (χ1n) is 8.40. The molecule has 26 heavy (non-hydrogen) atoms. The van der Waals surface area contributed by atoms with E-state index in [9.17, 15) is 4.79 Å². The van der Waals surface area contributed by atoms with E-state index < -0.39 is 0 Å². The number of nitrogens with zero attached hydrogens (tertiary/aromatic N) is 2. The zero-order valence-electron chi connectivity index (χ0n) is 15.0. The summed E-state index contributed by atoms with van der Waals surface area (Å²) in [6, 6.07) is 10.7. The highest BCUT2D eigenvalue weighted by molar-refractivity contribution is 5.94. The van der Waals surface area contributed by atoms with Crippen LogP contribution in [0.1, 0.15) is 45.9 Å². The van der Waals surface area contributed by atoms with E-state index >= 15 is 0 Å². The van der Waals surface area contributed by atoms with Gasteiger partial charge >= 0.3 is 0 Å². The summed E-state index contributed by atoms with van der Waals surface area (Å²) in [6.07, 6.45) is 3.45. The standard InChI is InChI=1S/C20H21N3O3/c1-13(17-7-5-9-21-11-17)22-20(24)16-6-4-8-18(10-16)25-12-19-14(2)23-26-15(19)3/h4-11,13H,12H2,1-3H3,(H,22,24). The van der Waals surface area contributed by atoms with Crippen molar-refractivity contribution in [3.8, 4) is 5.75 Å². The van der Waals surface area contributed by atoms with Crippen molar-refractivity contribution in [1.29, 1.82) is 0 Å². The molecule has 0 aliphatic heterocycles. The summed E-state index contributed by atoms with van der Waals surface area (Å²) in [5.74, 6) is 1.19. The lowest BCUT2D eigenvalue weighted by atomic mass is 10.1. The molecular weight excluding hydrogens is 330 g/mol. The maximum absolute atomic E-state index is 12.5. The molecule has 3 rings (SSSR count). The Kier molecular flexibility index (Phi) is 5.31. The maximum atomic E-state index is 12.5. The zero-order valence-corrected chi connectivity index (χ0v) is 15.0. The molecule has 6 nitrogen and oxygen atoms in total. The summed E-state index contributed by atoms with van der Waals surface area (Å²) in [6.45, 7) is 5.99. The van der Waals surface area contributed by atoms with Crippen molar-refractivity contribution in [3.05, 3.63) is 76.9 Å². The molecule has 0 radical (unpaired) electrons. The summed E-state index contributed by atoms with van der Waals surface area (Å²) in [5, 5.41) is 6.88. The van der Waals surface area contributed by atoms with Gasteiger partial charge in [-0.3, -0.25) is 9.78 Å². The monoisotopic (exact) mass is 351 g/mol. The molecule has 2 heterocycles. The van der Waals surface area contributed by atoms with E-state index in [2.05, 4.69) is 15.5 Å². The Bertz CT molecular complexity index is 871. The first-order valence-corrected chi connectivity index (χ1v) is 8.40. The smallest absolute Gasteiger partial charge is 0.251 e. The van der Waals surface area contributed by atoms with E-state index in [1.165, 1.54) is 0 Å². The van der Waals surface area contributed by atoms with Crippen molar-refractivity contribution >= 4 is 5.91 Å². The van der Waals surface area contributed by atoms with Crippen LogP contribution in [0, 0.1) is 13.8 Å². The fourth-order valence-corrected chi connectivity index (χ4v) is 2.59. The van der Waals surface area contributed by atoms with Gasteiger partial charge in [0.25, 0.3) is 5.91 Å². The van der Waals surface area contributed by atoms with Crippen molar-refractivity contribution in [2.24, 2.45) is 0 Å². The van der Waals surface area contributed by atoms with Crippen molar-refractivity contribution in [1.82, 2.24) is 15.5 Å². The molecule has 134 valence electrons. The third kappa shape index (κ3) is 4.08. The van der Waals surface area contributed by atoms with Crippen LogP contribution in [-0.4, -0.2) is 16.0 Å². The highest BCUT2D eigenvalue weighted by Gasteiger charge is 2.13. The van der Waals surface area contributed by atoms with Crippen LogP contribution >= 0.6 is 0 Å². The van der Waals surface area contributed by atoms with E-state index in [4.69, 9.17) is 9.26 Å². The molecule has 1 N–H and O–H groups in total. The lowest BCUT2D eigenvalue weighted by molar-refractivity contribution is 0.0939. The van der Waals surface area contributed by atoms with Crippen molar-refractivity contribution in [2.45, 2.75) is 33.4 Å². The Morgan fingerprint density at radius 2 is 2.12 bits per heavy atom. The topological polar surface area (TPSA) is 77.2 Å². The molecule has 0 aliphatic rings. The Balaban J connectivity index is 1.66. The number of aryl methyl sites for hydroxylation is 2. The first-order chi connectivity index (χ1) is 12.5. The lowest BCUT2D eigenvalue weighted by Gasteiger charge is -2.14. The minimum atomic E-state index is -0.163. The van der Waals surface area contributed by atoms with Gasteiger partial charge in [0, 0.05) is 18.0 Å². The number of amides is 1. The number of carbonyl (C=O) groups is 1. The van der Waals surface area contributed by atoms with Gasteiger partial charge < -0.3 is 14.6 Å². The van der Waals surface area contributed by atoms with Crippen LogP contribution in [0.3, 0.4) is 0 Å². The third-order valence-electron chi connectivity index (χ3n) is 4.19. The van der Waals surface area contributed by atoms with Gasteiger partial charge in [0.05, 0.1) is 17.3 Å². The first kappa shape index (κ1) is 17.7. The molecule has 0 aliphatic carbocycles. The van der Waals surface area contributed by atoms with E-state index in [0.717, 1.165) is 22.6 Å². The number of carbonyl (C=O) groups excluding carboxylic acids is 1. The van der Waals surface area contributed by atoms with E-state index in [1.807, 2.05) is 39.0 Å². The van der Waals surface area contributed by atoms with Gasteiger partial charge in [0.2, 0.25) is 0 Å². The maximum Gasteiger partial charge on any atom is 0.251 e. The second-order valence-corrected chi connectivity index (χ2v) is 6.10. The molecule has 0 saturated heterocycles. The van der Waals surface area contributed by atoms with Gasteiger partial charge in [-0.05, 0) is 50.6 Å². The molecule has 0 fully saturated rings. The highest BCUT2D eigenvalue weighted by atomic mass is 16.5. The third-order valence-corrected chi connectivity index (χ3v) is 4.19. The minimum absolute atomic E-state index is 0.136. The van der Waals surface area contributed by atoms with Crippen LogP contribution in [0.5, 0.6) is 5.75 Å². The Morgan fingerprint density at radius 3 is 2.81 bits per heavy atom. The van der Waals surface area contributed by atoms with Crippen LogP contribution in [0.15, 0.2) is 53.3 Å². The number of pyridine rings is 1. The molecule has 0 spiro atoms. The van der Waals surface area contributed by atoms with E-state index in [-0.39, 0.29) is 11.9 Å². The Hall–Kier alpha value is -3.15. The summed E-state index contributed by atoms with van der Waals surface area (Å²) in [7, 11) is 0. The summed E-state index contributed by atoms with van der Waals surface area (Å²) < 4.78 is 10.9. The summed E-state index contributed by atoms with van der Waals surface area (Å²) in [4.78, 5) is 16.6. The van der Waals surface area contributed by atoms with Crippen molar-refractivity contribution in [2.75, 3.05) is 0 Å². The number of aromatic nitrogens is 2. The number of benzene rings is 1. The van der Waals surface area contributed by atoms with Crippen LogP contribution in [0.2, 0.25) is 0 Å². The minimum Gasteiger partial charge on any atom is -0.489 e. The molecule has 1 aromatic carbocycles. The van der Waals surface area contributed by atoms with Gasteiger partial charge in [-0.15, -0.1) is 0 Å². The Morgan fingerprint density at radius 1 is 1.27 bits per heavy atom. The molecular formula is C20H21N3O3. The van der Waals surface area contributed by atoms with Gasteiger partial charge in [-0.1, -0.05) is 17.3 Å². The Labute approximate surface area is 152 Å². The lowest BCUT2D eigenvalue weighted by Crippen LogP contribution is -2.26. The van der Waals surface area contributed by atoms with Gasteiger partial charge in [-0.2, -0.15) is 0 Å². The normalized spacial score (nSPS) is 11.8. The van der Waals surface area contributed by atoms with Gasteiger partial charge in [0.15, 0.2) is 0 Å². The van der Waals surface area contributed by atoms with Crippen molar-refractivity contribution in [3.63, 3.8) is 0 Å². The second-order valence-electron chi connectivity index (χ2n) is 6.10. The number of hydrogen-bond acceptors (Lipinski definition) is 5. The van der Waals surface area contributed by atoms with Gasteiger partial charge in [0.1, 0.15) is 18.1 Å². The van der Waals surface area contributed by atoms with Crippen LogP contribution < -0.4 is 10.1 Å². The molecule has 1 atom stereocenters. The summed E-state index contributed by atoms with van der Waals surface area (Å²) >= 11 is 0. The quantitative estimate of drug-likeness (QED) is 0.732. The zero-order chi connectivity index (χ0) is 18.5. The number of ether oxygens (including phenoxy) is 1. The van der Waals surface area contributed by atoms with Crippen molar-refractivity contribution < 1.29 is 14.1 Å². The fraction of sp³-hybridized carbons (Fsp3) is 0.250. The van der Waals surface area contributed by atoms with Gasteiger partial charge in [-0.25, -0.2) is 0 Å². The molecule has 0 saturated carbocycles. The molecule has 6 heteroatoms. The van der Waals surface area contributed by atoms with E-state index in [1.54, 1.807) is 30.6 Å². The predicted octanol–water partition coefficient (Wildman–Crippen LogP) is 3.76. The van der Waals surface area contributed by atoms with Crippen LogP contribution in [0.25, 0.3) is 0 Å². The number of nitrogens with one attached hydrogen (secondary N) is 1. The molecule has 1 unspecified atom stereocenters. The van der Waals surface area contributed by atoms with E-state index in [0.29, 0.717) is 17.9 Å². The average Bonchev–Trinajstić information content (AvgIpc) is 2.98. The predicted molar refractivity (Wildman–Crippen MR) is 96.9 cm³/mol. The molecule has 1 amide bonds. The molecule has 3 aromatic rings.